The van der Waals surface area contributed by atoms with Gasteiger partial charge in [-0.2, -0.15) is 0 Å². The van der Waals surface area contributed by atoms with Gasteiger partial charge in [0.25, 0.3) is 0 Å². The lowest BCUT2D eigenvalue weighted by atomic mass is 9.96. The Labute approximate surface area is 106 Å². The molecule has 0 saturated heterocycles. The van der Waals surface area contributed by atoms with Gasteiger partial charge < -0.3 is 4.52 Å². The van der Waals surface area contributed by atoms with E-state index < -0.39 is 0 Å². The van der Waals surface area contributed by atoms with Gasteiger partial charge in [0.2, 0.25) is 0 Å². The molecule has 1 aromatic heterocycles. The standard InChI is InChI=1S/C16H15NO/c1-10-8-11(2)15(12(3)9-10)16-13-6-4-5-7-14(13)18-17-16/h4-9H,1-3H3. The molecule has 0 bridgehead atoms. The fraction of sp³-hybridized carbons (Fsp3) is 0.188. The maximum Gasteiger partial charge on any atom is 0.167 e. The van der Waals surface area contributed by atoms with Crippen molar-refractivity contribution in [3.63, 3.8) is 0 Å². The molecule has 2 aromatic carbocycles. The van der Waals surface area contributed by atoms with E-state index in [1.54, 1.807) is 0 Å². The molecule has 2 heteroatoms. The highest BCUT2D eigenvalue weighted by atomic mass is 16.5. The van der Waals surface area contributed by atoms with E-state index in [2.05, 4.69) is 44.1 Å². The topological polar surface area (TPSA) is 26.0 Å². The van der Waals surface area contributed by atoms with Crippen molar-refractivity contribution in [2.45, 2.75) is 20.8 Å². The molecule has 90 valence electrons. The summed E-state index contributed by atoms with van der Waals surface area (Å²) in [7, 11) is 0. The average molecular weight is 237 g/mol. The quantitative estimate of drug-likeness (QED) is 0.626. The molecule has 0 radical (unpaired) electrons. The van der Waals surface area contributed by atoms with E-state index in [0.717, 1.165) is 16.7 Å². The van der Waals surface area contributed by atoms with Crippen molar-refractivity contribution in [2.75, 3.05) is 0 Å². The summed E-state index contributed by atoms with van der Waals surface area (Å²) < 4.78 is 5.39. The predicted octanol–water partition coefficient (Wildman–Crippen LogP) is 4.42. The summed E-state index contributed by atoms with van der Waals surface area (Å²) in [4.78, 5) is 0. The van der Waals surface area contributed by atoms with Gasteiger partial charge in [0, 0.05) is 10.9 Å². The summed E-state index contributed by atoms with van der Waals surface area (Å²) in [5.74, 6) is 0. The van der Waals surface area contributed by atoms with Crippen LogP contribution in [0.5, 0.6) is 0 Å². The van der Waals surface area contributed by atoms with Crippen LogP contribution in [0.15, 0.2) is 40.9 Å². The zero-order valence-corrected chi connectivity index (χ0v) is 10.8. The Morgan fingerprint density at radius 2 is 1.61 bits per heavy atom. The molecule has 18 heavy (non-hydrogen) atoms. The van der Waals surface area contributed by atoms with Crippen LogP contribution in [0.4, 0.5) is 0 Å². The van der Waals surface area contributed by atoms with E-state index in [1.807, 2.05) is 18.2 Å². The third kappa shape index (κ3) is 1.61. The van der Waals surface area contributed by atoms with Crippen LogP contribution in [0.25, 0.3) is 22.2 Å². The highest BCUT2D eigenvalue weighted by molar-refractivity contribution is 5.93. The third-order valence-electron chi connectivity index (χ3n) is 3.29. The molecular weight excluding hydrogens is 222 g/mol. The summed E-state index contributed by atoms with van der Waals surface area (Å²) in [6.07, 6.45) is 0. The van der Waals surface area contributed by atoms with Crippen LogP contribution >= 0.6 is 0 Å². The molecule has 3 aromatic rings. The average Bonchev–Trinajstić information content (AvgIpc) is 2.72. The van der Waals surface area contributed by atoms with Gasteiger partial charge in [-0.05, 0) is 44.0 Å². The second-order valence-electron chi connectivity index (χ2n) is 4.80. The van der Waals surface area contributed by atoms with Crippen molar-refractivity contribution in [3.8, 4) is 11.3 Å². The highest BCUT2D eigenvalue weighted by Gasteiger charge is 2.14. The first kappa shape index (κ1) is 11.0. The Morgan fingerprint density at radius 3 is 2.33 bits per heavy atom. The van der Waals surface area contributed by atoms with Crippen LogP contribution in [0.1, 0.15) is 16.7 Å². The summed E-state index contributed by atoms with van der Waals surface area (Å²) in [5, 5.41) is 5.32. The van der Waals surface area contributed by atoms with Crippen molar-refractivity contribution in [2.24, 2.45) is 0 Å². The van der Waals surface area contributed by atoms with Gasteiger partial charge in [-0.25, -0.2) is 0 Å². The zero-order chi connectivity index (χ0) is 12.7. The van der Waals surface area contributed by atoms with Crippen LogP contribution in [0.2, 0.25) is 0 Å². The summed E-state index contributed by atoms with van der Waals surface area (Å²) in [5.41, 5.74) is 6.73. The molecule has 0 saturated carbocycles. The molecule has 2 nitrogen and oxygen atoms in total. The van der Waals surface area contributed by atoms with Crippen molar-refractivity contribution >= 4 is 11.0 Å². The van der Waals surface area contributed by atoms with Gasteiger partial charge in [0.05, 0.1) is 0 Å². The van der Waals surface area contributed by atoms with E-state index in [0.29, 0.717) is 0 Å². The van der Waals surface area contributed by atoms with Gasteiger partial charge in [0.1, 0.15) is 5.69 Å². The molecule has 1 heterocycles. The highest BCUT2D eigenvalue weighted by Crippen LogP contribution is 2.32. The lowest BCUT2D eigenvalue weighted by Crippen LogP contribution is -1.90. The molecule has 3 rings (SSSR count). The molecule has 0 aliphatic carbocycles. The first-order chi connectivity index (χ1) is 8.66. The number of fused-ring (bicyclic) bond motifs is 1. The maximum atomic E-state index is 5.39. The number of para-hydroxylation sites is 1. The van der Waals surface area contributed by atoms with Crippen LogP contribution in [-0.2, 0) is 0 Å². The monoisotopic (exact) mass is 237 g/mol. The molecule has 0 unspecified atom stereocenters. The van der Waals surface area contributed by atoms with Crippen LogP contribution in [0.3, 0.4) is 0 Å². The van der Waals surface area contributed by atoms with Crippen molar-refractivity contribution in [1.29, 1.82) is 0 Å². The molecular formula is C16H15NO. The number of aryl methyl sites for hydroxylation is 3. The van der Waals surface area contributed by atoms with Crippen molar-refractivity contribution in [1.82, 2.24) is 5.16 Å². The largest absolute Gasteiger partial charge is 0.356 e. The molecule has 0 N–H and O–H groups in total. The third-order valence-corrected chi connectivity index (χ3v) is 3.29. The Hall–Kier alpha value is -2.09. The van der Waals surface area contributed by atoms with Gasteiger partial charge >= 0.3 is 0 Å². The van der Waals surface area contributed by atoms with E-state index in [-0.39, 0.29) is 0 Å². The summed E-state index contributed by atoms with van der Waals surface area (Å²) in [6.45, 7) is 6.36. The van der Waals surface area contributed by atoms with Gasteiger partial charge in [-0.15, -0.1) is 0 Å². The van der Waals surface area contributed by atoms with Crippen LogP contribution < -0.4 is 0 Å². The first-order valence-electron chi connectivity index (χ1n) is 6.09. The van der Waals surface area contributed by atoms with Gasteiger partial charge in [-0.3, -0.25) is 0 Å². The van der Waals surface area contributed by atoms with E-state index in [9.17, 15) is 0 Å². The molecule has 0 spiro atoms. The molecule has 0 amide bonds. The predicted molar refractivity (Wildman–Crippen MR) is 73.7 cm³/mol. The smallest absolute Gasteiger partial charge is 0.167 e. The van der Waals surface area contributed by atoms with Crippen LogP contribution in [-0.4, -0.2) is 5.16 Å². The first-order valence-corrected chi connectivity index (χ1v) is 6.09. The Balaban J connectivity index is 2.33. The van der Waals surface area contributed by atoms with Crippen molar-refractivity contribution in [3.05, 3.63) is 53.1 Å². The fourth-order valence-electron chi connectivity index (χ4n) is 2.62. The maximum absolute atomic E-state index is 5.39. The van der Waals surface area contributed by atoms with E-state index in [1.165, 1.54) is 22.3 Å². The number of hydrogen-bond donors (Lipinski definition) is 0. The van der Waals surface area contributed by atoms with Gasteiger partial charge in [-0.1, -0.05) is 35.0 Å². The Bertz CT molecular complexity index is 702. The molecule has 0 atom stereocenters. The number of hydrogen-bond acceptors (Lipinski definition) is 2. The SMILES string of the molecule is Cc1cc(C)c(-c2noc3ccccc23)c(C)c1. The second-order valence-corrected chi connectivity index (χ2v) is 4.80. The van der Waals surface area contributed by atoms with Crippen molar-refractivity contribution < 1.29 is 4.52 Å². The minimum Gasteiger partial charge on any atom is -0.356 e. The number of rotatable bonds is 1. The Morgan fingerprint density at radius 1 is 0.944 bits per heavy atom. The second kappa shape index (κ2) is 3.98. The Kier molecular flexibility index (Phi) is 2.44. The lowest BCUT2D eigenvalue weighted by Gasteiger charge is -2.08. The number of benzene rings is 2. The lowest BCUT2D eigenvalue weighted by molar-refractivity contribution is 0.459. The molecule has 0 aliphatic rings. The molecule has 0 fully saturated rings. The summed E-state index contributed by atoms with van der Waals surface area (Å²) >= 11 is 0. The molecule has 0 aliphatic heterocycles. The minimum absolute atomic E-state index is 0.840. The summed E-state index contributed by atoms with van der Waals surface area (Å²) in [6, 6.07) is 12.4. The zero-order valence-electron chi connectivity index (χ0n) is 10.8. The van der Waals surface area contributed by atoms with E-state index in [4.69, 9.17) is 4.52 Å². The minimum atomic E-state index is 0.840. The number of nitrogens with zero attached hydrogens (tertiary/aromatic N) is 1. The fourth-order valence-corrected chi connectivity index (χ4v) is 2.62. The van der Waals surface area contributed by atoms with Gasteiger partial charge in [0.15, 0.2) is 5.58 Å². The normalized spacial score (nSPS) is 11.1. The van der Waals surface area contributed by atoms with Crippen LogP contribution in [0, 0.1) is 20.8 Å². The van der Waals surface area contributed by atoms with E-state index >= 15 is 0 Å². The number of aromatic nitrogens is 1.